The summed E-state index contributed by atoms with van der Waals surface area (Å²) in [5, 5.41) is 0. The Hall–Kier alpha value is -0.0400. The topological polar surface area (TPSA) is 9.23 Å². The average Bonchev–Trinajstić information content (AvgIpc) is 2.53. The highest BCUT2D eigenvalue weighted by molar-refractivity contribution is 5.13. The second kappa shape index (κ2) is 3.84. The molecule has 0 saturated heterocycles. The zero-order chi connectivity index (χ0) is 11.0. The van der Waals surface area contributed by atoms with E-state index >= 15 is 0 Å². The molecular formula is C13H26O. The molecule has 1 nitrogen and oxygen atoms in total. The Kier molecular flexibility index (Phi) is 3.30. The Balaban J connectivity index is 0.000000461. The maximum Gasteiger partial charge on any atom is 0.0757 e. The van der Waals surface area contributed by atoms with Gasteiger partial charge < -0.3 is 4.74 Å². The predicted molar refractivity (Wildman–Crippen MR) is 61.4 cm³/mol. The van der Waals surface area contributed by atoms with Gasteiger partial charge >= 0.3 is 0 Å². The Morgan fingerprint density at radius 2 is 1.79 bits per heavy atom. The van der Waals surface area contributed by atoms with Crippen molar-refractivity contribution < 1.29 is 4.74 Å². The van der Waals surface area contributed by atoms with Crippen LogP contribution in [0.2, 0.25) is 0 Å². The predicted octanol–water partition coefficient (Wildman–Crippen LogP) is 3.87. The lowest BCUT2D eigenvalue weighted by atomic mass is 9.76. The summed E-state index contributed by atoms with van der Waals surface area (Å²) < 4.78 is 5.82. The Morgan fingerprint density at radius 1 is 1.21 bits per heavy atom. The zero-order valence-electron chi connectivity index (χ0n) is 10.7. The fraction of sp³-hybridized carbons (Fsp3) is 1.00. The van der Waals surface area contributed by atoms with Crippen molar-refractivity contribution in [2.75, 3.05) is 7.11 Å². The molecule has 0 amide bonds. The Morgan fingerprint density at radius 3 is 2.00 bits per heavy atom. The molecule has 2 fully saturated rings. The maximum absolute atomic E-state index is 5.82. The minimum atomic E-state index is 0.206. The standard InChI is InChI=1S/C11H20O.C2H6/c1-8-7-9-5-6-11(8,12-4)10(9,2)3;1-2/h8-9H,5-7H2,1-4H3;1-2H3. The molecule has 0 radical (unpaired) electrons. The third-order valence-corrected chi connectivity index (χ3v) is 4.77. The Labute approximate surface area is 89.2 Å². The molecule has 2 rings (SSSR count). The fourth-order valence-corrected chi connectivity index (χ4v) is 3.89. The van der Waals surface area contributed by atoms with Crippen LogP contribution in [0.5, 0.6) is 0 Å². The van der Waals surface area contributed by atoms with Crippen LogP contribution in [0.15, 0.2) is 0 Å². The SMILES string of the molecule is CC.COC12CCC(CC1C)C2(C)C. The zero-order valence-corrected chi connectivity index (χ0v) is 10.7. The molecule has 0 heterocycles. The van der Waals surface area contributed by atoms with E-state index in [0.717, 1.165) is 11.8 Å². The van der Waals surface area contributed by atoms with Gasteiger partial charge in [0.15, 0.2) is 0 Å². The van der Waals surface area contributed by atoms with Crippen molar-refractivity contribution in [1.82, 2.24) is 0 Å². The molecule has 0 aromatic rings. The molecule has 1 heteroatoms. The molecule has 84 valence electrons. The normalized spacial score (nSPS) is 43.3. The highest BCUT2D eigenvalue weighted by Crippen LogP contribution is 2.64. The van der Waals surface area contributed by atoms with E-state index in [2.05, 4.69) is 20.8 Å². The molecule has 0 aromatic heterocycles. The van der Waals surface area contributed by atoms with Crippen LogP contribution in [0.1, 0.15) is 53.9 Å². The monoisotopic (exact) mass is 198 g/mol. The summed E-state index contributed by atoms with van der Waals surface area (Å²) in [5.74, 6) is 1.67. The second-order valence-corrected chi connectivity index (χ2v) is 5.19. The van der Waals surface area contributed by atoms with Crippen LogP contribution < -0.4 is 0 Å². The summed E-state index contributed by atoms with van der Waals surface area (Å²) in [5.41, 5.74) is 0.624. The maximum atomic E-state index is 5.82. The second-order valence-electron chi connectivity index (χ2n) is 5.19. The number of rotatable bonds is 1. The van der Waals surface area contributed by atoms with Gasteiger partial charge in [0.25, 0.3) is 0 Å². The smallest absolute Gasteiger partial charge is 0.0757 e. The molecular weight excluding hydrogens is 172 g/mol. The van der Waals surface area contributed by atoms with Crippen LogP contribution in [-0.4, -0.2) is 12.7 Å². The first-order chi connectivity index (χ1) is 6.54. The van der Waals surface area contributed by atoms with Gasteiger partial charge in [0.1, 0.15) is 0 Å². The number of hydrogen-bond donors (Lipinski definition) is 0. The van der Waals surface area contributed by atoms with Gasteiger partial charge in [-0.05, 0) is 36.5 Å². The number of hydrogen-bond acceptors (Lipinski definition) is 1. The van der Waals surface area contributed by atoms with Crippen molar-refractivity contribution in [1.29, 1.82) is 0 Å². The largest absolute Gasteiger partial charge is 0.377 e. The number of fused-ring (bicyclic) bond motifs is 2. The van der Waals surface area contributed by atoms with Gasteiger partial charge in [-0.25, -0.2) is 0 Å². The third kappa shape index (κ3) is 1.25. The first-order valence-corrected chi connectivity index (χ1v) is 6.10. The van der Waals surface area contributed by atoms with Gasteiger partial charge in [0, 0.05) is 7.11 Å². The first-order valence-electron chi connectivity index (χ1n) is 6.10. The molecule has 2 aliphatic rings. The van der Waals surface area contributed by atoms with E-state index in [4.69, 9.17) is 4.74 Å². The van der Waals surface area contributed by atoms with Crippen LogP contribution >= 0.6 is 0 Å². The van der Waals surface area contributed by atoms with Crippen LogP contribution in [-0.2, 0) is 4.74 Å². The number of ether oxygens (including phenoxy) is 1. The summed E-state index contributed by atoms with van der Waals surface area (Å²) in [7, 11) is 1.89. The van der Waals surface area contributed by atoms with E-state index in [1.165, 1.54) is 19.3 Å². The first kappa shape index (κ1) is 12.0. The third-order valence-electron chi connectivity index (χ3n) is 4.77. The molecule has 0 aromatic carbocycles. The van der Waals surface area contributed by atoms with E-state index in [1.807, 2.05) is 21.0 Å². The average molecular weight is 198 g/mol. The molecule has 0 aliphatic heterocycles. The highest BCUT2D eigenvalue weighted by Gasteiger charge is 2.63. The molecule has 2 bridgehead atoms. The van der Waals surface area contributed by atoms with E-state index in [1.54, 1.807) is 0 Å². The van der Waals surface area contributed by atoms with Crippen molar-refractivity contribution in [2.24, 2.45) is 17.3 Å². The molecule has 2 saturated carbocycles. The summed E-state index contributed by atoms with van der Waals surface area (Å²) in [6, 6.07) is 0. The molecule has 3 unspecified atom stereocenters. The quantitative estimate of drug-likeness (QED) is 0.621. The van der Waals surface area contributed by atoms with Gasteiger partial charge in [-0.2, -0.15) is 0 Å². The molecule has 0 spiro atoms. The molecule has 0 N–H and O–H groups in total. The van der Waals surface area contributed by atoms with E-state index in [0.29, 0.717) is 5.41 Å². The van der Waals surface area contributed by atoms with Crippen molar-refractivity contribution in [2.45, 2.75) is 59.5 Å². The van der Waals surface area contributed by atoms with E-state index in [9.17, 15) is 0 Å². The van der Waals surface area contributed by atoms with Crippen LogP contribution in [0.3, 0.4) is 0 Å². The Bertz CT molecular complexity index is 197. The molecule has 14 heavy (non-hydrogen) atoms. The van der Waals surface area contributed by atoms with Crippen molar-refractivity contribution in [3.05, 3.63) is 0 Å². The van der Waals surface area contributed by atoms with Crippen molar-refractivity contribution in [3.8, 4) is 0 Å². The van der Waals surface area contributed by atoms with E-state index < -0.39 is 0 Å². The minimum Gasteiger partial charge on any atom is -0.377 e. The van der Waals surface area contributed by atoms with E-state index in [-0.39, 0.29) is 5.60 Å². The van der Waals surface area contributed by atoms with Crippen LogP contribution in [0.25, 0.3) is 0 Å². The summed E-state index contributed by atoms with van der Waals surface area (Å²) in [4.78, 5) is 0. The highest BCUT2D eigenvalue weighted by atomic mass is 16.5. The fourth-order valence-electron chi connectivity index (χ4n) is 3.89. The van der Waals surface area contributed by atoms with Gasteiger partial charge in [-0.1, -0.05) is 34.6 Å². The van der Waals surface area contributed by atoms with Crippen LogP contribution in [0.4, 0.5) is 0 Å². The summed E-state index contributed by atoms with van der Waals surface area (Å²) >= 11 is 0. The van der Waals surface area contributed by atoms with Gasteiger partial charge in [-0.15, -0.1) is 0 Å². The van der Waals surface area contributed by atoms with Crippen molar-refractivity contribution >= 4 is 0 Å². The lowest BCUT2D eigenvalue weighted by Gasteiger charge is -2.40. The number of methoxy groups -OCH3 is 1. The lowest BCUT2D eigenvalue weighted by molar-refractivity contribution is -0.0938. The van der Waals surface area contributed by atoms with Gasteiger partial charge in [0.05, 0.1) is 5.60 Å². The minimum absolute atomic E-state index is 0.206. The van der Waals surface area contributed by atoms with Gasteiger partial charge in [-0.3, -0.25) is 0 Å². The summed E-state index contributed by atoms with van der Waals surface area (Å²) in [6.07, 6.45) is 4.04. The van der Waals surface area contributed by atoms with Crippen LogP contribution in [0, 0.1) is 17.3 Å². The lowest BCUT2D eigenvalue weighted by Crippen LogP contribution is -2.43. The van der Waals surface area contributed by atoms with Crippen molar-refractivity contribution in [3.63, 3.8) is 0 Å². The molecule has 3 atom stereocenters. The summed E-state index contributed by atoms with van der Waals surface area (Å²) in [6.45, 7) is 11.1. The van der Waals surface area contributed by atoms with Gasteiger partial charge in [0.2, 0.25) is 0 Å². The molecule has 2 aliphatic carbocycles.